The Morgan fingerprint density at radius 3 is 2.55 bits per heavy atom. The van der Waals surface area contributed by atoms with Crippen LogP contribution < -0.4 is 4.90 Å². The zero-order chi connectivity index (χ0) is 15.4. The standard InChI is InChI=1S/C15H20F3N2OS/c16-15(17,18)11-20(3-12-4-21-5-12)9-14(10-20)7-19(8-14)13-1-2-22-6-13/h1-2,6,12H,3-5,7-11H2/q+1. The predicted octanol–water partition coefficient (Wildman–Crippen LogP) is 2.59. The minimum absolute atomic E-state index is 0.109. The molecule has 0 aliphatic carbocycles. The number of halogens is 3. The van der Waals surface area contributed by atoms with Crippen molar-refractivity contribution < 1.29 is 22.4 Å². The molecule has 3 saturated heterocycles. The molecule has 0 aromatic carbocycles. The van der Waals surface area contributed by atoms with Crippen molar-refractivity contribution in [3.63, 3.8) is 0 Å². The number of alkyl halides is 3. The van der Waals surface area contributed by atoms with E-state index in [4.69, 9.17) is 4.74 Å². The van der Waals surface area contributed by atoms with E-state index in [1.54, 1.807) is 11.3 Å². The third-order valence-electron chi connectivity index (χ3n) is 5.13. The quantitative estimate of drug-likeness (QED) is 0.786. The SMILES string of the molecule is FC(F)(F)C[N+]1(CC2COC2)CC2(CN(c3ccsc3)C2)C1. The molecule has 1 aromatic heterocycles. The average Bonchev–Trinajstić information content (AvgIpc) is 2.77. The van der Waals surface area contributed by atoms with Gasteiger partial charge in [0.1, 0.15) is 5.41 Å². The fourth-order valence-corrected chi connectivity index (χ4v) is 5.25. The van der Waals surface area contributed by atoms with Crippen LogP contribution in [0.1, 0.15) is 0 Å². The first kappa shape index (κ1) is 14.8. The number of rotatable bonds is 4. The van der Waals surface area contributed by atoms with Gasteiger partial charge in [0.25, 0.3) is 0 Å². The molecule has 22 heavy (non-hydrogen) atoms. The number of thiophene rings is 1. The van der Waals surface area contributed by atoms with Gasteiger partial charge in [-0.05, 0) is 11.4 Å². The molecule has 3 nitrogen and oxygen atoms in total. The Labute approximate surface area is 131 Å². The zero-order valence-electron chi connectivity index (χ0n) is 12.3. The Kier molecular flexibility index (Phi) is 3.26. The number of quaternary nitrogens is 1. The normalized spacial score (nSPS) is 26.4. The first-order valence-corrected chi connectivity index (χ1v) is 8.58. The minimum atomic E-state index is -4.08. The van der Waals surface area contributed by atoms with E-state index in [1.165, 1.54) is 5.69 Å². The van der Waals surface area contributed by atoms with Crippen LogP contribution in [-0.4, -0.2) is 63.1 Å². The summed E-state index contributed by atoms with van der Waals surface area (Å²) < 4.78 is 44.2. The van der Waals surface area contributed by atoms with Gasteiger partial charge in [-0.15, -0.1) is 0 Å². The van der Waals surface area contributed by atoms with Crippen molar-refractivity contribution in [2.75, 3.05) is 57.4 Å². The molecule has 4 heterocycles. The highest BCUT2D eigenvalue weighted by Crippen LogP contribution is 2.48. The summed E-state index contributed by atoms with van der Waals surface area (Å²) in [5.41, 5.74) is 1.32. The lowest BCUT2D eigenvalue weighted by Gasteiger charge is -2.65. The summed E-state index contributed by atoms with van der Waals surface area (Å²) in [5, 5.41) is 4.15. The van der Waals surface area contributed by atoms with Gasteiger partial charge < -0.3 is 14.1 Å². The van der Waals surface area contributed by atoms with Crippen LogP contribution in [0.2, 0.25) is 0 Å². The molecule has 4 rings (SSSR count). The van der Waals surface area contributed by atoms with E-state index in [-0.39, 0.29) is 9.90 Å². The molecule has 0 atom stereocenters. The van der Waals surface area contributed by atoms with Crippen molar-refractivity contribution in [1.29, 1.82) is 0 Å². The molecule has 3 aliphatic rings. The van der Waals surface area contributed by atoms with Gasteiger partial charge in [-0.3, -0.25) is 0 Å². The first-order chi connectivity index (χ1) is 10.4. The second kappa shape index (κ2) is 4.85. The van der Waals surface area contributed by atoms with Crippen molar-refractivity contribution in [3.8, 4) is 0 Å². The largest absolute Gasteiger partial charge is 0.438 e. The molecular formula is C15H20F3N2OS+. The maximum atomic E-state index is 13.0. The van der Waals surface area contributed by atoms with E-state index in [2.05, 4.69) is 16.3 Å². The number of anilines is 1. The average molecular weight is 333 g/mol. The molecule has 0 N–H and O–H groups in total. The lowest BCUT2D eigenvalue weighted by atomic mass is 9.70. The van der Waals surface area contributed by atoms with Crippen LogP contribution in [0.4, 0.5) is 18.9 Å². The van der Waals surface area contributed by atoms with Gasteiger partial charge in [-0.1, -0.05) is 0 Å². The van der Waals surface area contributed by atoms with Gasteiger partial charge in [-0.2, -0.15) is 24.5 Å². The lowest BCUT2D eigenvalue weighted by molar-refractivity contribution is -0.995. The van der Waals surface area contributed by atoms with Crippen LogP contribution >= 0.6 is 11.3 Å². The second-order valence-electron chi connectivity index (χ2n) is 7.35. The van der Waals surface area contributed by atoms with E-state index < -0.39 is 12.7 Å². The monoisotopic (exact) mass is 333 g/mol. The van der Waals surface area contributed by atoms with Crippen LogP contribution in [0.15, 0.2) is 16.8 Å². The van der Waals surface area contributed by atoms with Crippen molar-refractivity contribution in [2.24, 2.45) is 11.3 Å². The second-order valence-corrected chi connectivity index (χ2v) is 8.13. The highest BCUT2D eigenvalue weighted by Gasteiger charge is 2.64. The Bertz CT molecular complexity index is 527. The summed E-state index contributed by atoms with van der Waals surface area (Å²) in [4.78, 5) is 2.28. The molecule has 0 unspecified atom stereocenters. The molecule has 1 aromatic rings. The molecule has 1 spiro atoms. The molecule has 7 heteroatoms. The topological polar surface area (TPSA) is 12.5 Å². The third kappa shape index (κ3) is 2.63. The minimum Gasteiger partial charge on any atom is -0.380 e. The Morgan fingerprint density at radius 2 is 2.05 bits per heavy atom. The first-order valence-electron chi connectivity index (χ1n) is 7.64. The number of nitrogens with zero attached hydrogens (tertiary/aromatic N) is 2. The van der Waals surface area contributed by atoms with E-state index in [1.807, 2.05) is 5.38 Å². The van der Waals surface area contributed by atoms with Crippen molar-refractivity contribution in [1.82, 2.24) is 0 Å². The summed E-state index contributed by atoms with van der Waals surface area (Å²) in [6.45, 7) is 4.36. The number of hydrogen-bond acceptors (Lipinski definition) is 3. The van der Waals surface area contributed by atoms with Crippen LogP contribution in [0.3, 0.4) is 0 Å². The fourth-order valence-electron chi connectivity index (χ4n) is 4.58. The predicted molar refractivity (Wildman–Crippen MR) is 79.1 cm³/mol. The number of ether oxygens (including phenoxy) is 1. The number of hydrogen-bond donors (Lipinski definition) is 0. The molecule has 0 amide bonds. The van der Waals surface area contributed by atoms with Crippen LogP contribution in [-0.2, 0) is 4.74 Å². The zero-order valence-corrected chi connectivity index (χ0v) is 13.1. The van der Waals surface area contributed by atoms with Gasteiger partial charge >= 0.3 is 6.18 Å². The van der Waals surface area contributed by atoms with Gasteiger partial charge in [0, 0.05) is 24.2 Å². The Balaban J connectivity index is 1.39. The van der Waals surface area contributed by atoms with Gasteiger partial charge in [-0.25, -0.2) is 0 Å². The van der Waals surface area contributed by atoms with Crippen molar-refractivity contribution in [2.45, 2.75) is 6.18 Å². The van der Waals surface area contributed by atoms with E-state index in [0.717, 1.165) is 13.1 Å². The fraction of sp³-hybridized carbons (Fsp3) is 0.733. The smallest absolute Gasteiger partial charge is 0.380 e. The van der Waals surface area contributed by atoms with Crippen molar-refractivity contribution >= 4 is 17.0 Å². The maximum Gasteiger partial charge on any atom is 0.438 e. The van der Waals surface area contributed by atoms with E-state index in [9.17, 15) is 13.2 Å². The molecule has 0 radical (unpaired) electrons. The highest BCUT2D eigenvalue weighted by atomic mass is 32.1. The van der Waals surface area contributed by atoms with Gasteiger partial charge in [0.05, 0.1) is 38.8 Å². The lowest BCUT2D eigenvalue weighted by Crippen LogP contribution is -2.81. The summed E-state index contributed by atoms with van der Waals surface area (Å²) in [5.74, 6) is 0.313. The molecular weight excluding hydrogens is 313 g/mol. The molecule has 3 aliphatic heterocycles. The number of likely N-dealkylation sites (tertiary alicyclic amines) is 1. The Morgan fingerprint density at radius 1 is 1.32 bits per heavy atom. The van der Waals surface area contributed by atoms with Crippen LogP contribution in [0, 0.1) is 11.3 Å². The maximum absolute atomic E-state index is 13.0. The molecule has 0 saturated carbocycles. The highest BCUT2D eigenvalue weighted by molar-refractivity contribution is 7.08. The summed E-state index contributed by atoms with van der Waals surface area (Å²) in [7, 11) is 0. The molecule has 122 valence electrons. The summed E-state index contributed by atoms with van der Waals surface area (Å²) >= 11 is 1.66. The van der Waals surface area contributed by atoms with Crippen molar-refractivity contribution in [3.05, 3.63) is 16.8 Å². The van der Waals surface area contributed by atoms with Gasteiger partial charge in [0.15, 0.2) is 6.54 Å². The third-order valence-corrected chi connectivity index (χ3v) is 5.80. The summed E-state index contributed by atoms with van der Waals surface area (Å²) in [6.07, 6.45) is -4.08. The van der Waals surface area contributed by atoms with Crippen LogP contribution in [0.25, 0.3) is 0 Å². The van der Waals surface area contributed by atoms with E-state index in [0.29, 0.717) is 38.8 Å². The Hall–Kier alpha value is -0.790. The molecule has 3 fully saturated rings. The van der Waals surface area contributed by atoms with Gasteiger partial charge in [0.2, 0.25) is 0 Å². The van der Waals surface area contributed by atoms with E-state index >= 15 is 0 Å². The summed E-state index contributed by atoms with van der Waals surface area (Å²) in [6, 6.07) is 2.08. The molecule has 0 bridgehead atoms. The van der Waals surface area contributed by atoms with Crippen LogP contribution in [0.5, 0.6) is 0 Å².